The summed E-state index contributed by atoms with van der Waals surface area (Å²) in [7, 11) is -4.31. The molecule has 0 spiro atoms. The quantitative estimate of drug-likeness (QED) is 0.138. The summed E-state index contributed by atoms with van der Waals surface area (Å²) < 4.78 is 76.3. The molecule has 1 amide bonds. The molecule has 1 heterocycles. The average Bonchev–Trinajstić information content (AvgIpc) is 3.32. The van der Waals surface area contributed by atoms with Gasteiger partial charge in [-0.25, -0.2) is 13.1 Å². The van der Waals surface area contributed by atoms with Gasteiger partial charge < -0.3 is 10.1 Å². The summed E-state index contributed by atoms with van der Waals surface area (Å²) in [5, 5.41) is 18.6. The van der Waals surface area contributed by atoms with E-state index in [1.165, 1.54) is 23.7 Å². The monoisotopic (exact) mass is 659 g/mol. The maximum atomic E-state index is 13.4. The van der Waals surface area contributed by atoms with E-state index in [4.69, 9.17) is 4.74 Å². The normalized spacial score (nSPS) is 12.5. The lowest BCUT2D eigenvalue weighted by atomic mass is 10.1. The molecule has 0 aliphatic carbocycles. The molecule has 1 aromatic heterocycles. The molecule has 0 aliphatic rings. The lowest BCUT2D eigenvalue weighted by molar-refractivity contribution is -0.385. The lowest BCUT2D eigenvalue weighted by Gasteiger charge is -2.17. The molecular weight excluding hydrogens is 627 g/mol. The van der Waals surface area contributed by atoms with Crippen molar-refractivity contribution >= 4 is 21.6 Å². The fraction of sp³-hybridized carbons (Fsp3) is 0.290. The maximum absolute atomic E-state index is 13.4. The van der Waals surface area contributed by atoms with Crippen molar-refractivity contribution in [2.75, 3.05) is 0 Å². The molecule has 0 radical (unpaired) electrons. The van der Waals surface area contributed by atoms with Gasteiger partial charge in [0.05, 0.1) is 16.2 Å². The van der Waals surface area contributed by atoms with Gasteiger partial charge >= 0.3 is 6.18 Å². The van der Waals surface area contributed by atoms with Crippen LogP contribution in [0, 0.1) is 30.9 Å². The van der Waals surface area contributed by atoms with Gasteiger partial charge in [-0.15, -0.1) is 0 Å². The van der Waals surface area contributed by atoms with Crippen LogP contribution in [0.1, 0.15) is 58.6 Å². The van der Waals surface area contributed by atoms with E-state index in [-0.39, 0.29) is 35.0 Å². The predicted octanol–water partition coefficient (Wildman–Crippen LogP) is 6.52. The highest BCUT2D eigenvalue weighted by Gasteiger charge is 2.31. The molecule has 2 N–H and O–H groups in total. The van der Waals surface area contributed by atoms with Crippen LogP contribution in [0.2, 0.25) is 0 Å². The minimum Gasteiger partial charge on any atom is -0.437 e. The van der Waals surface area contributed by atoms with E-state index in [2.05, 4.69) is 15.1 Å². The van der Waals surface area contributed by atoms with E-state index in [1.807, 2.05) is 19.9 Å². The Morgan fingerprint density at radius 2 is 1.76 bits per heavy atom. The van der Waals surface area contributed by atoms with Gasteiger partial charge in [0.2, 0.25) is 15.9 Å². The van der Waals surface area contributed by atoms with Gasteiger partial charge in [0.25, 0.3) is 11.6 Å². The highest BCUT2D eigenvalue weighted by molar-refractivity contribution is 7.89. The fourth-order valence-corrected chi connectivity index (χ4v) is 5.96. The molecule has 46 heavy (non-hydrogen) atoms. The number of non-ortho nitro benzene ring substituents is 1. The number of carbonyl (C=O) groups is 1. The summed E-state index contributed by atoms with van der Waals surface area (Å²) in [5.74, 6) is -1.03. The molecule has 0 aliphatic heterocycles. The van der Waals surface area contributed by atoms with Crippen LogP contribution in [0.4, 0.5) is 18.9 Å². The Hall–Kier alpha value is -4.76. The van der Waals surface area contributed by atoms with Gasteiger partial charge in [-0.05, 0) is 75.1 Å². The van der Waals surface area contributed by atoms with E-state index >= 15 is 0 Å². The number of benzene rings is 3. The molecular formula is C31H32F3N5O6S. The van der Waals surface area contributed by atoms with E-state index in [1.54, 1.807) is 26.0 Å². The molecule has 4 aromatic rings. The third kappa shape index (κ3) is 7.37. The van der Waals surface area contributed by atoms with Crippen molar-refractivity contribution in [2.45, 2.75) is 64.7 Å². The first kappa shape index (κ1) is 34.1. The minimum atomic E-state index is -4.55. The van der Waals surface area contributed by atoms with E-state index in [9.17, 15) is 36.5 Å². The van der Waals surface area contributed by atoms with Crippen LogP contribution in [0.25, 0.3) is 5.69 Å². The molecule has 15 heteroatoms. The second-order valence-electron chi connectivity index (χ2n) is 10.7. The second kappa shape index (κ2) is 13.3. The number of carbonyl (C=O) groups excluding carboxylic acids is 1. The number of nitrogens with one attached hydrogen (secondary N) is 2. The van der Waals surface area contributed by atoms with Crippen LogP contribution >= 0.6 is 0 Å². The number of halogens is 3. The Bertz CT molecular complexity index is 1910. The Labute approximate surface area is 263 Å². The van der Waals surface area contributed by atoms with Crippen LogP contribution in [0.15, 0.2) is 65.6 Å². The van der Waals surface area contributed by atoms with Crippen molar-refractivity contribution in [2.24, 2.45) is 0 Å². The smallest absolute Gasteiger partial charge is 0.416 e. The molecule has 0 bridgehead atoms. The summed E-state index contributed by atoms with van der Waals surface area (Å²) in [6, 6.07) is 12.5. The van der Waals surface area contributed by atoms with Crippen molar-refractivity contribution in [3.05, 3.63) is 104 Å². The highest BCUT2D eigenvalue weighted by atomic mass is 32.2. The van der Waals surface area contributed by atoms with Crippen LogP contribution < -0.4 is 14.8 Å². The molecule has 0 saturated carbocycles. The summed E-state index contributed by atoms with van der Waals surface area (Å²) in [5.41, 5.74) is 1.06. The summed E-state index contributed by atoms with van der Waals surface area (Å²) in [6.45, 7) is 8.36. The number of hydrogen-bond acceptors (Lipinski definition) is 7. The first-order valence-electron chi connectivity index (χ1n) is 14.1. The molecule has 0 saturated heterocycles. The fourth-order valence-electron chi connectivity index (χ4n) is 4.49. The second-order valence-corrected chi connectivity index (χ2v) is 12.4. The van der Waals surface area contributed by atoms with E-state index < -0.39 is 49.2 Å². The van der Waals surface area contributed by atoms with Gasteiger partial charge in [-0.2, -0.15) is 23.0 Å². The van der Waals surface area contributed by atoms with Gasteiger partial charge in [0, 0.05) is 30.3 Å². The average molecular weight is 660 g/mol. The number of alkyl halides is 3. The maximum Gasteiger partial charge on any atom is 0.416 e. The third-order valence-electron chi connectivity index (χ3n) is 7.40. The number of hydrogen-bond donors (Lipinski definition) is 2. The number of aromatic nitrogens is 2. The van der Waals surface area contributed by atoms with Crippen LogP contribution in [-0.4, -0.2) is 35.1 Å². The molecule has 3 aromatic carbocycles. The molecule has 244 valence electrons. The number of ether oxygens (including phenoxy) is 1. The van der Waals surface area contributed by atoms with E-state index in [0.29, 0.717) is 12.1 Å². The minimum absolute atomic E-state index is 0.0493. The SMILES string of the molecule is CCC(C)NS(=O)(=O)c1cc([N+](=O)[O-])ccc1Oc1c(C)c(C(=O)NCc2cccc(C(F)(F)F)c2)nn1-c1cccc(C)c1C. The third-order valence-corrected chi connectivity index (χ3v) is 9.01. The molecule has 4 rings (SSSR count). The van der Waals surface area contributed by atoms with Gasteiger partial charge in [0.15, 0.2) is 5.69 Å². The zero-order chi connectivity index (χ0) is 34.0. The number of sulfonamides is 1. The Kier molecular flexibility index (Phi) is 9.87. The Balaban J connectivity index is 1.81. The number of nitro benzene ring substituents is 1. The predicted molar refractivity (Wildman–Crippen MR) is 164 cm³/mol. The zero-order valence-electron chi connectivity index (χ0n) is 25.6. The van der Waals surface area contributed by atoms with Crippen LogP contribution in [0.3, 0.4) is 0 Å². The highest BCUT2D eigenvalue weighted by Crippen LogP contribution is 2.37. The van der Waals surface area contributed by atoms with E-state index in [0.717, 1.165) is 41.5 Å². The molecule has 11 nitrogen and oxygen atoms in total. The summed E-state index contributed by atoms with van der Waals surface area (Å²) >= 11 is 0. The number of aryl methyl sites for hydroxylation is 1. The van der Waals surface area contributed by atoms with Crippen LogP contribution in [-0.2, 0) is 22.7 Å². The number of amides is 1. The van der Waals surface area contributed by atoms with Gasteiger partial charge in [-0.1, -0.05) is 31.2 Å². The van der Waals surface area contributed by atoms with Gasteiger partial charge in [-0.3, -0.25) is 14.9 Å². The van der Waals surface area contributed by atoms with Crippen molar-refractivity contribution in [3.63, 3.8) is 0 Å². The van der Waals surface area contributed by atoms with Crippen LogP contribution in [0.5, 0.6) is 11.6 Å². The van der Waals surface area contributed by atoms with Crippen molar-refractivity contribution < 1.29 is 36.0 Å². The molecule has 1 atom stereocenters. The largest absolute Gasteiger partial charge is 0.437 e. The molecule has 0 fully saturated rings. The summed E-state index contributed by atoms with van der Waals surface area (Å²) in [6.07, 6.45) is -4.11. The zero-order valence-corrected chi connectivity index (χ0v) is 26.4. The number of nitrogens with zero attached hydrogens (tertiary/aromatic N) is 3. The summed E-state index contributed by atoms with van der Waals surface area (Å²) in [4.78, 5) is 23.7. The molecule has 1 unspecified atom stereocenters. The number of rotatable bonds is 11. The standard InChI is InChI=1S/C31H32F3N5O6S/c1-6-19(3)37-46(43,44)27-16-24(39(41)42)13-14-26(27)45-30-21(5)28(36-38(30)25-12-7-9-18(2)20(25)4)29(40)35-17-22-10-8-11-23(15-22)31(32,33)34/h7-16,19,37H,6,17H2,1-5H3,(H,35,40). The Morgan fingerprint density at radius 3 is 2.41 bits per heavy atom. The van der Waals surface area contributed by atoms with Crippen molar-refractivity contribution in [1.29, 1.82) is 0 Å². The van der Waals surface area contributed by atoms with Crippen molar-refractivity contribution in [1.82, 2.24) is 19.8 Å². The number of nitro groups is 1. The lowest BCUT2D eigenvalue weighted by Crippen LogP contribution is -2.32. The van der Waals surface area contributed by atoms with Gasteiger partial charge in [0.1, 0.15) is 10.6 Å². The Morgan fingerprint density at radius 1 is 1.07 bits per heavy atom. The first-order chi connectivity index (χ1) is 21.5. The topological polar surface area (TPSA) is 145 Å². The van der Waals surface area contributed by atoms with Crippen molar-refractivity contribution in [3.8, 4) is 17.3 Å². The first-order valence-corrected chi connectivity index (χ1v) is 15.6.